The van der Waals surface area contributed by atoms with E-state index in [0.29, 0.717) is 12.0 Å². The Balaban J connectivity index is 1.93. The second-order valence-corrected chi connectivity index (χ2v) is 9.66. The Morgan fingerprint density at radius 1 is 1.21 bits per heavy atom. The number of carbonyl (C=O) groups is 3. The van der Waals surface area contributed by atoms with E-state index in [1.807, 2.05) is 0 Å². The van der Waals surface area contributed by atoms with Gasteiger partial charge in [-0.3, -0.25) is 19.3 Å². The summed E-state index contributed by atoms with van der Waals surface area (Å²) in [6.45, 7) is 2.06. The van der Waals surface area contributed by atoms with Gasteiger partial charge in [0, 0.05) is 11.5 Å². The second-order valence-electron chi connectivity index (χ2n) is 9.66. The summed E-state index contributed by atoms with van der Waals surface area (Å²) in [6, 6.07) is 2.25. The van der Waals surface area contributed by atoms with Crippen LogP contribution < -0.4 is 5.73 Å². The van der Waals surface area contributed by atoms with E-state index in [-0.39, 0.29) is 23.3 Å². The van der Waals surface area contributed by atoms with Gasteiger partial charge in [-0.1, -0.05) is 19.4 Å². The van der Waals surface area contributed by atoms with Crippen LogP contribution in [0.1, 0.15) is 47.7 Å². The largest absolute Gasteiger partial charge is 0.510 e. The molecule has 4 rings (SSSR count). The fourth-order valence-corrected chi connectivity index (χ4v) is 5.92. The molecular formula is C25H30N2O7. The average molecular weight is 471 g/mol. The minimum Gasteiger partial charge on any atom is -0.510 e. The van der Waals surface area contributed by atoms with Crippen LogP contribution in [0.25, 0.3) is 0 Å². The molecule has 3 aliphatic rings. The Kier molecular flexibility index (Phi) is 5.81. The summed E-state index contributed by atoms with van der Waals surface area (Å²) >= 11 is 0. The number of phenolic OH excluding ortho intramolecular Hbond substituents is 1. The Morgan fingerprint density at radius 3 is 2.47 bits per heavy atom. The highest BCUT2D eigenvalue weighted by Gasteiger charge is 2.63. The van der Waals surface area contributed by atoms with Gasteiger partial charge in [-0.15, -0.1) is 0 Å². The maximum absolute atomic E-state index is 13.6. The molecule has 1 aromatic carbocycles. The highest BCUT2D eigenvalue weighted by atomic mass is 16.3. The van der Waals surface area contributed by atoms with Crippen molar-refractivity contribution in [1.82, 2.24) is 4.90 Å². The zero-order valence-electron chi connectivity index (χ0n) is 19.5. The Labute approximate surface area is 197 Å². The van der Waals surface area contributed by atoms with Crippen LogP contribution in [0.15, 0.2) is 34.8 Å². The number of phenols is 1. The van der Waals surface area contributed by atoms with Gasteiger partial charge in [0.25, 0.3) is 5.91 Å². The van der Waals surface area contributed by atoms with Crippen LogP contribution in [0.5, 0.6) is 5.75 Å². The Morgan fingerprint density at radius 2 is 1.88 bits per heavy atom. The predicted molar refractivity (Wildman–Crippen MR) is 122 cm³/mol. The number of hydrogen-bond donors (Lipinski definition) is 5. The van der Waals surface area contributed by atoms with Gasteiger partial charge in [0.2, 0.25) is 5.78 Å². The second kappa shape index (κ2) is 8.25. The number of rotatable bonds is 5. The molecule has 34 heavy (non-hydrogen) atoms. The summed E-state index contributed by atoms with van der Waals surface area (Å²) in [6.07, 6.45) is 2.99. The number of aliphatic hydroxyl groups is 3. The first-order valence-corrected chi connectivity index (χ1v) is 11.4. The zero-order valence-corrected chi connectivity index (χ0v) is 19.5. The number of allylic oxidation sites excluding steroid dienone is 1. The van der Waals surface area contributed by atoms with Gasteiger partial charge in [-0.05, 0) is 62.9 Å². The fourth-order valence-electron chi connectivity index (χ4n) is 5.92. The highest BCUT2D eigenvalue weighted by molar-refractivity contribution is 6.24. The molecule has 1 aromatic rings. The molecular weight excluding hydrogens is 440 g/mol. The number of fused-ring (bicyclic) bond motifs is 3. The fraction of sp³-hybridized carbons (Fsp3) is 0.480. The van der Waals surface area contributed by atoms with Gasteiger partial charge in [0.1, 0.15) is 22.8 Å². The van der Waals surface area contributed by atoms with Crippen molar-refractivity contribution >= 4 is 17.5 Å². The van der Waals surface area contributed by atoms with E-state index in [9.17, 15) is 34.8 Å². The van der Waals surface area contributed by atoms with Gasteiger partial charge in [-0.2, -0.15) is 0 Å². The molecule has 0 bridgehead atoms. The lowest BCUT2D eigenvalue weighted by atomic mass is 9.58. The lowest BCUT2D eigenvalue weighted by molar-refractivity contribution is -0.148. The standard InChI is InChI=1S/C25H30N2O7/c1-4-5-6-11-7-8-15(28)17-13(11)9-12-10-14-19(27(2)3)21(30)18(24(26)33)23(32)25(14,34)22(31)16(12)20(17)29/h7-8,12,14,19,28,30-31,34H,4-6,9-10H2,1-3H3,(H2,26,33). The molecule has 4 unspecified atom stereocenters. The molecule has 0 saturated heterocycles. The third-order valence-electron chi connectivity index (χ3n) is 7.50. The summed E-state index contributed by atoms with van der Waals surface area (Å²) < 4.78 is 0. The summed E-state index contributed by atoms with van der Waals surface area (Å²) in [5, 5.41) is 44.1. The molecule has 9 nitrogen and oxygen atoms in total. The molecule has 0 saturated carbocycles. The van der Waals surface area contributed by atoms with Crippen molar-refractivity contribution in [2.75, 3.05) is 14.1 Å². The molecule has 0 radical (unpaired) electrons. The van der Waals surface area contributed by atoms with Gasteiger partial charge in [0.05, 0.1) is 11.6 Å². The van der Waals surface area contributed by atoms with Crippen LogP contribution in [0.2, 0.25) is 0 Å². The number of aryl methyl sites for hydroxylation is 1. The number of likely N-dealkylation sites (N-methyl/N-ethyl adjacent to an activating group) is 1. The maximum atomic E-state index is 13.6. The number of aliphatic hydroxyl groups excluding tert-OH is 2. The normalized spacial score (nSPS) is 28.7. The topological polar surface area (TPSA) is 161 Å². The number of primary amides is 1. The zero-order chi connectivity index (χ0) is 25.1. The number of ketones is 2. The third-order valence-corrected chi connectivity index (χ3v) is 7.50. The lowest BCUT2D eigenvalue weighted by Crippen LogP contribution is -2.63. The SMILES string of the molecule is CCCCc1ccc(O)c2c1CC1CC3C(N(C)C)C(O)=C(C(N)=O)C(=O)C3(O)C(O)=C1C2=O. The minimum absolute atomic E-state index is 0.0642. The number of aromatic hydroxyl groups is 1. The minimum atomic E-state index is -2.61. The van der Waals surface area contributed by atoms with E-state index in [1.165, 1.54) is 11.0 Å². The van der Waals surface area contributed by atoms with E-state index < -0.39 is 58.0 Å². The van der Waals surface area contributed by atoms with Gasteiger partial charge < -0.3 is 26.2 Å². The van der Waals surface area contributed by atoms with E-state index in [0.717, 1.165) is 24.8 Å². The van der Waals surface area contributed by atoms with Crippen LogP contribution in [0, 0.1) is 11.8 Å². The highest BCUT2D eigenvalue weighted by Crippen LogP contribution is 2.52. The molecule has 0 heterocycles. The van der Waals surface area contributed by atoms with E-state index in [4.69, 9.17) is 5.73 Å². The van der Waals surface area contributed by atoms with Crippen molar-refractivity contribution in [3.63, 3.8) is 0 Å². The molecule has 0 fully saturated rings. The number of benzene rings is 1. The van der Waals surface area contributed by atoms with Crippen LogP contribution in [-0.2, 0) is 22.4 Å². The third kappa shape index (κ3) is 3.18. The molecule has 182 valence electrons. The molecule has 6 N–H and O–H groups in total. The summed E-state index contributed by atoms with van der Waals surface area (Å²) in [5.74, 6) is -6.33. The Hall–Kier alpha value is -3.17. The van der Waals surface area contributed by atoms with Gasteiger partial charge >= 0.3 is 0 Å². The van der Waals surface area contributed by atoms with Crippen LogP contribution in [-0.4, -0.2) is 68.5 Å². The monoisotopic (exact) mass is 470 g/mol. The predicted octanol–water partition coefficient (Wildman–Crippen LogP) is 1.46. The van der Waals surface area contributed by atoms with Crippen molar-refractivity contribution in [3.8, 4) is 5.75 Å². The van der Waals surface area contributed by atoms with Crippen LogP contribution in [0.3, 0.4) is 0 Å². The number of hydrogen-bond acceptors (Lipinski definition) is 8. The molecule has 0 spiro atoms. The quantitative estimate of drug-likeness (QED) is 0.404. The van der Waals surface area contributed by atoms with Crippen molar-refractivity contribution < 1.29 is 34.8 Å². The summed E-state index contributed by atoms with van der Waals surface area (Å²) in [7, 11) is 3.21. The first-order valence-electron chi connectivity index (χ1n) is 11.4. The number of nitrogens with zero attached hydrogens (tertiary/aromatic N) is 1. The van der Waals surface area contributed by atoms with E-state index >= 15 is 0 Å². The number of unbranched alkanes of at least 4 members (excludes halogenated alkanes) is 1. The maximum Gasteiger partial charge on any atom is 0.255 e. The molecule has 1 amide bonds. The van der Waals surface area contributed by atoms with Crippen molar-refractivity contribution in [2.45, 2.75) is 50.7 Å². The van der Waals surface area contributed by atoms with Gasteiger partial charge in [0.15, 0.2) is 11.4 Å². The van der Waals surface area contributed by atoms with Crippen molar-refractivity contribution in [3.05, 3.63) is 51.5 Å². The number of amides is 1. The molecule has 9 heteroatoms. The molecule has 0 aliphatic heterocycles. The molecule has 3 aliphatic carbocycles. The number of carbonyl (C=O) groups excluding carboxylic acids is 3. The van der Waals surface area contributed by atoms with Crippen LogP contribution >= 0.6 is 0 Å². The number of nitrogens with two attached hydrogens (primary N) is 1. The van der Waals surface area contributed by atoms with E-state index in [2.05, 4.69) is 6.92 Å². The van der Waals surface area contributed by atoms with Crippen molar-refractivity contribution in [1.29, 1.82) is 0 Å². The number of Topliss-reactive ketones (excluding diaryl/α,β-unsaturated/α-hetero) is 2. The first-order chi connectivity index (χ1) is 16.0. The van der Waals surface area contributed by atoms with Gasteiger partial charge in [-0.25, -0.2) is 0 Å². The molecule has 0 aromatic heterocycles. The molecule has 4 atom stereocenters. The average Bonchev–Trinajstić information content (AvgIpc) is 2.75. The van der Waals surface area contributed by atoms with E-state index in [1.54, 1.807) is 20.2 Å². The van der Waals surface area contributed by atoms with Crippen molar-refractivity contribution in [2.24, 2.45) is 17.6 Å². The summed E-state index contributed by atoms with van der Waals surface area (Å²) in [4.78, 5) is 40.3. The van der Waals surface area contributed by atoms with Crippen LogP contribution in [0.4, 0.5) is 0 Å². The Bertz CT molecular complexity index is 1170. The smallest absolute Gasteiger partial charge is 0.255 e. The first kappa shape index (κ1) is 24.0. The lowest BCUT2D eigenvalue weighted by Gasteiger charge is -2.50. The summed E-state index contributed by atoms with van der Waals surface area (Å²) in [5.41, 5.74) is 3.48.